The molecule has 0 aliphatic rings. The molecule has 0 saturated carbocycles. The largest absolute Gasteiger partial charge is 0.339 e. The third-order valence-electron chi connectivity index (χ3n) is 4.03. The zero-order chi connectivity index (χ0) is 16.5. The first-order chi connectivity index (χ1) is 11.7. The Morgan fingerprint density at radius 1 is 0.958 bits per heavy atom. The number of benzene rings is 2. The number of aromatic nitrogens is 2. The minimum Gasteiger partial charge on any atom is -0.339 e. The molecule has 0 saturated heterocycles. The van der Waals surface area contributed by atoms with Crippen molar-refractivity contribution in [2.24, 2.45) is 0 Å². The average Bonchev–Trinajstić information content (AvgIpc) is 2.96. The lowest BCUT2D eigenvalue weighted by atomic mass is 10.1. The predicted molar refractivity (Wildman–Crippen MR) is 100 cm³/mol. The molecule has 1 N–H and O–H groups in total. The second-order valence-electron chi connectivity index (χ2n) is 5.69. The van der Waals surface area contributed by atoms with Crippen LogP contribution in [0.4, 0.5) is 11.5 Å². The standard InChI is InChI=1S/C20H16ClN3/c1-14-7-2-3-10-17(14)22-20-19(15-8-6-9-16(21)13-15)23-18-11-4-5-12-24(18)20/h2-13,22H,1H3. The van der Waals surface area contributed by atoms with Crippen molar-refractivity contribution in [3.63, 3.8) is 0 Å². The molecule has 3 nitrogen and oxygen atoms in total. The summed E-state index contributed by atoms with van der Waals surface area (Å²) in [7, 11) is 0. The second kappa shape index (κ2) is 6.02. The van der Waals surface area contributed by atoms with Crippen molar-refractivity contribution in [3.05, 3.63) is 83.5 Å². The number of pyridine rings is 1. The number of nitrogens with zero attached hydrogens (tertiary/aromatic N) is 2. The molecule has 0 radical (unpaired) electrons. The highest BCUT2D eigenvalue weighted by Gasteiger charge is 2.15. The van der Waals surface area contributed by atoms with Gasteiger partial charge in [-0.2, -0.15) is 0 Å². The van der Waals surface area contributed by atoms with Crippen LogP contribution in [-0.4, -0.2) is 9.38 Å². The maximum atomic E-state index is 6.18. The molecule has 118 valence electrons. The van der Waals surface area contributed by atoms with E-state index in [1.54, 1.807) is 0 Å². The molecule has 0 aliphatic heterocycles. The van der Waals surface area contributed by atoms with E-state index >= 15 is 0 Å². The van der Waals surface area contributed by atoms with E-state index in [-0.39, 0.29) is 0 Å². The van der Waals surface area contributed by atoms with Gasteiger partial charge in [0.1, 0.15) is 17.2 Å². The van der Waals surface area contributed by atoms with E-state index in [2.05, 4.69) is 28.8 Å². The highest BCUT2D eigenvalue weighted by molar-refractivity contribution is 6.30. The van der Waals surface area contributed by atoms with Gasteiger partial charge in [0, 0.05) is 22.5 Å². The Kier molecular flexibility index (Phi) is 3.71. The van der Waals surface area contributed by atoms with Gasteiger partial charge in [-0.25, -0.2) is 4.98 Å². The Morgan fingerprint density at radius 2 is 1.79 bits per heavy atom. The van der Waals surface area contributed by atoms with Crippen molar-refractivity contribution in [1.29, 1.82) is 0 Å². The lowest BCUT2D eigenvalue weighted by Crippen LogP contribution is -1.98. The van der Waals surface area contributed by atoms with E-state index in [0.29, 0.717) is 5.02 Å². The molecule has 0 fully saturated rings. The van der Waals surface area contributed by atoms with E-state index in [0.717, 1.165) is 28.4 Å². The summed E-state index contributed by atoms with van der Waals surface area (Å²) >= 11 is 6.18. The Bertz CT molecular complexity index is 1020. The van der Waals surface area contributed by atoms with Crippen molar-refractivity contribution < 1.29 is 0 Å². The molecule has 2 aromatic carbocycles. The highest BCUT2D eigenvalue weighted by Crippen LogP contribution is 2.32. The zero-order valence-electron chi connectivity index (χ0n) is 13.2. The predicted octanol–water partition coefficient (Wildman–Crippen LogP) is 5.71. The molecule has 0 bridgehead atoms. The van der Waals surface area contributed by atoms with Crippen molar-refractivity contribution in [2.45, 2.75) is 6.92 Å². The van der Waals surface area contributed by atoms with Gasteiger partial charge in [-0.1, -0.05) is 48.0 Å². The number of para-hydroxylation sites is 1. The third-order valence-corrected chi connectivity index (χ3v) is 4.26. The quantitative estimate of drug-likeness (QED) is 0.520. The number of anilines is 2. The minimum atomic E-state index is 0.700. The summed E-state index contributed by atoms with van der Waals surface area (Å²) in [6.07, 6.45) is 2.01. The first-order valence-corrected chi connectivity index (χ1v) is 8.16. The van der Waals surface area contributed by atoms with Crippen molar-refractivity contribution in [2.75, 3.05) is 5.32 Å². The Morgan fingerprint density at radius 3 is 2.62 bits per heavy atom. The van der Waals surface area contributed by atoms with Gasteiger partial charge < -0.3 is 5.32 Å². The summed E-state index contributed by atoms with van der Waals surface area (Å²) in [5, 5.41) is 4.24. The van der Waals surface area contributed by atoms with E-state index in [4.69, 9.17) is 16.6 Å². The van der Waals surface area contributed by atoms with Crippen LogP contribution in [-0.2, 0) is 0 Å². The van der Waals surface area contributed by atoms with Crippen molar-refractivity contribution in [1.82, 2.24) is 9.38 Å². The van der Waals surface area contributed by atoms with Crippen molar-refractivity contribution >= 4 is 28.8 Å². The van der Waals surface area contributed by atoms with Gasteiger partial charge in [0.05, 0.1) is 0 Å². The van der Waals surface area contributed by atoms with E-state index in [1.807, 2.05) is 60.8 Å². The van der Waals surface area contributed by atoms with Crippen LogP contribution in [0.15, 0.2) is 72.9 Å². The fraction of sp³-hybridized carbons (Fsp3) is 0.0500. The normalized spacial score (nSPS) is 10.9. The van der Waals surface area contributed by atoms with Gasteiger partial charge in [0.25, 0.3) is 0 Å². The Labute approximate surface area is 145 Å². The first kappa shape index (κ1) is 14.8. The van der Waals surface area contributed by atoms with Crippen LogP contribution >= 0.6 is 11.6 Å². The number of imidazole rings is 1. The molecule has 0 atom stereocenters. The molecule has 0 aliphatic carbocycles. The van der Waals surface area contributed by atoms with Crippen LogP contribution in [0.5, 0.6) is 0 Å². The monoisotopic (exact) mass is 333 g/mol. The van der Waals surface area contributed by atoms with E-state index in [9.17, 15) is 0 Å². The molecule has 0 spiro atoms. The number of rotatable bonds is 3. The molecule has 2 heterocycles. The average molecular weight is 334 g/mol. The Hall–Kier alpha value is -2.78. The van der Waals surface area contributed by atoms with Crippen LogP contribution < -0.4 is 5.32 Å². The third kappa shape index (κ3) is 2.63. The molecular formula is C20H16ClN3. The smallest absolute Gasteiger partial charge is 0.143 e. The van der Waals surface area contributed by atoms with Crippen LogP contribution in [0, 0.1) is 6.92 Å². The molecule has 0 amide bonds. The van der Waals surface area contributed by atoms with E-state index < -0.39 is 0 Å². The van der Waals surface area contributed by atoms with Crippen LogP contribution in [0.25, 0.3) is 16.9 Å². The summed E-state index contributed by atoms with van der Waals surface area (Å²) < 4.78 is 2.06. The van der Waals surface area contributed by atoms with Crippen LogP contribution in [0.1, 0.15) is 5.56 Å². The van der Waals surface area contributed by atoms with Crippen molar-refractivity contribution in [3.8, 4) is 11.3 Å². The Balaban J connectivity index is 1.92. The summed E-state index contributed by atoms with van der Waals surface area (Å²) in [4.78, 5) is 4.79. The SMILES string of the molecule is Cc1ccccc1Nc1c(-c2cccc(Cl)c2)nc2ccccn12. The lowest BCUT2D eigenvalue weighted by molar-refractivity contribution is 1.18. The zero-order valence-corrected chi connectivity index (χ0v) is 14.0. The maximum absolute atomic E-state index is 6.18. The summed E-state index contributed by atoms with van der Waals surface area (Å²) in [6, 6.07) is 22.0. The first-order valence-electron chi connectivity index (χ1n) is 7.78. The van der Waals surface area contributed by atoms with Crippen LogP contribution in [0.3, 0.4) is 0 Å². The number of nitrogens with one attached hydrogen (secondary N) is 1. The molecule has 24 heavy (non-hydrogen) atoms. The second-order valence-corrected chi connectivity index (χ2v) is 6.12. The van der Waals surface area contributed by atoms with Crippen LogP contribution in [0.2, 0.25) is 5.02 Å². The molecular weight excluding hydrogens is 318 g/mol. The van der Waals surface area contributed by atoms with E-state index in [1.165, 1.54) is 5.56 Å². The highest BCUT2D eigenvalue weighted by atomic mass is 35.5. The van der Waals surface area contributed by atoms with Gasteiger partial charge >= 0.3 is 0 Å². The molecule has 2 aromatic heterocycles. The summed E-state index contributed by atoms with van der Waals surface area (Å²) in [5.41, 5.74) is 5.00. The minimum absolute atomic E-state index is 0.700. The summed E-state index contributed by atoms with van der Waals surface area (Å²) in [5.74, 6) is 0.933. The van der Waals surface area contributed by atoms with Gasteiger partial charge in [0.2, 0.25) is 0 Å². The number of aryl methyl sites for hydroxylation is 1. The molecule has 0 unspecified atom stereocenters. The van der Waals surface area contributed by atoms with Gasteiger partial charge in [0.15, 0.2) is 0 Å². The molecule has 4 rings (SSSR count). The van der Waals surface area contributed by atoms with Gasteiger partial charge in [-0.15, -0.1) is 0 Å². The number of hydrogen-bond acceptors (Lipinski definition) is 2. The molecule has 4 heteroatoms. The fourth-order valence-electron chi connectivity index (χ4n) is 2.79. The maximum Gasteiger partial charge on any atom is 0.143 e. The van der Waals surface area contributed by atoms with Gasteiger partial charge in [-0.05, 0) is 42.8 Å². The summed E-state index contributed by atoms with van der Waals surface area (Å²) in [6.45, 7) is 2.09. The number of fused-ring (bicyclic) bond motifs is 1. The topological polar surface area (TPSA) is 29.3 Å². The number of hydrogen-bond donors (Lipinski definition) is 1. The fourth-order valence-corrected chi connectivity index (χ4v) is 2.98. The lowest BCUT2D eigenvalue weighted by Gasteiger charge is -2.11. The molecule has 4 aromatic rings. The van der Waals surface area contributed by atoms with Gasteiger partial charge in [-0.3, -0.25) is 4.40 Å². The number of halogens is 1.